The van der Waals surface area contributed by atoms with E-state index in [1.54, 1.807) is 0 Å². The summed E-state index contributed by atoms with van der Waals surface area (Å²) >= 11 is 0. The zero-order chi connectivity index (χ0) is 19.2. The summed E-state index contributed by atoms with van der Waals surface area (Å²) < 4.78 is 5.95. The molecule has 148 valence electrons. The van der Waals surface area contributed by atoms with Crippen LogP contribution in [0.1, 0.15) is 30.4 Å². The van der Waals surface area contributed by atoms with Gasteiger partial charge in [-0.25, -0.2) is 0 Å². The Hall–Kier alpha value is -2.17. The predicted molar refractivity (Wildman–Crippen MR) is 111 cm³/mol. The zero-order valence-electron chi connectivity index (χ0n) is 16.5. The molecule has 2 saturated heterocycles. The fourth-order valence-corrected chi connectivity index (χ4v) is 4.47. The molecule has 4 heteroatoms. The van der Waals surface area contributed by atoms with Gasteiger partial charge < -0.3 is 14.5 Å². The second-order valence-electron chi connectivity index (χ2n) is 7.93. The number of benzene rings is 2. The highest BCUT2D eigenvalue weighted by molar-refractivity contribution is 5.78. The first-order valence-corrected chi connectivity index (χ1v) is 10.5. The van der Waals surface area contributed by atoms with Crippen molar-refractivity contribution in [1.29, 1.82) is 0 Å². The number of nitrogens with zero attached hydrogens (tertiary/aromatic N) is 2. The molecule has 4 rings (SSSR count). The van der Waals surface area contributed by atoms with Gasteiger partial charge >= 0.3 is 0 Å². The van der Waals surface area contributed by atoms with Crippen LogP contribution in [0.3, 0.4) is 0 Å². The maximum absolute atomic E-state index is 12.6. The smallest absolute Gasteiger partial charge is 0.249 e. The average molecular weight is 379 g/mol. The van der Waals surface area contributed by atoms with Gasteiger partial charge in [0.15, 0.2) is 0 Å². The molecule has 2 heterocycles. The Bertz CT molecular complexity index is 750. The van der Waals surface area contributed by atoms with Crippen LogP contribution in [0.4, 0.5) is 0 Å². The van der Waals surface area contributed by atoms with Gasteiger partial charge in [-0.15, -0.1) is 0 Å². The molecule has 0 aromatic heterocycles. The fourth-order valence-electron chi connectivity index (χ4n) is 4.47. The third kappa shape index (κ3) is 4.81. The highest BCUT2D eigenvalue weighted by Crippen LogP contribution is 2.26. The lowest BCUT2D eigenvalue weighted by Gasteiger charge is -2.40. The summed E-state index contributed by atoms with van der Waals surface area (Å²) in [6.07, 6.45) is 4.47. The number of amides is 1. The second kappa shape index (κ2) is 9.35. The molecule has 2 atom stereocenters. The van der Waals surface area contributed by atoms with E-state index in [2.05, 4.69) is 52.3 Å². The molecule has 1 amide bonds. The van der Waals surface area contributed by atoms with Crippen molar-refractivity contribution in [2.45, 2.75) is 44.4 Å². The van der Waals surface area contributed by atoms with Crippen LogP contribution < -0.4 is 0 Å². The molecule has 0 N–H and O–H groups in total. The lowest BCUT2D eigenvalue weighted by atomic mass is 10.0. The number of morpholine rings is 1. The summed E-state index contributed by atoms with van der Waals surface area (Å²) in [7, 11) is 0. The number of carbonyl (C=O) groups is 1. The number of fused-ring (bicyclic) bond motifs is 1. The summed E-state index contributed by atoms with van der Waals surface area (Å²) in [5.41, 5.74) is 2.61. The standard InChI is InChI=1S/C24H30N2O2/c27-24-19-28-23-14-17-25(15-7-12-20-8-3-1-4-9-20)16-13-22(23)26(24)18-21-10-5-2-6-11-21/h1-6,8-11,22-23H,7,12-19H2/t22-,23-/m0/s1. The number of hydrogen-bond donors (Lipinski definition) is 0. The van der Waals surface area contributed by atoms with E-state index in [-0.39, 0.29) is 24.7 Å². The van der Waals surface area contributed by atoms with Gasteiger partial charge in [0.25, 0.3) is 0 Å². The van der Waals surface area contributed by atoms with E-state index in [9.17, 15) is 4.79 Å². The molecular formula is C24H30N2O2. The maximum Gasteiger partial charge on any atom is 0.249 e. The fraction of sp³-hybridized carbons (Fsp3) is 0.458. The molecule has 28 heavy (non-hydrogen) atoms. The molecule has 0 spiro atoms. The van der Waals surface area contributed by atoms with E-state index >= 15 is 0 Å². The third-order valence-corrected chi connectivity index (χ3v) is 6.02. The summed E-state index contributed by atoms with van der Waals surface area (Å²) in [5, 5.41) is 0. The number of rotatable bonds is 6. The minimum atomic E-state index is 0.127. The van der Waals surface area contributed by atoms with Gasteiger partial charge in [-0.1, -0.05) is 60.7 Å². The summed E-state index contributed by atoms with van der Waals surface area (Å²) in [4.78, 5) is 17.2. The van der Waals surface area contributed by atoms with E-state index < -0.39 is 0 Å². The Labute approximate surface area is 168 Å². The highest BCUT2D eigenvalue weighted by atomic mass is 16.5. The SMILES string of the molecule is O=C1CO[C@H]2CCN(CCCc3ccccc3)CC[C@@H]2N1Cc1ccccc1. The minimum absolute atomic E-state index is 0.127. The minimum Gasteiger partial charge on any atom is -0.366 e. The van der Waals surface area contributed by atoms with Gasteiger partial charge in [0.1, 0.15) is 6.61 Å². The van der Waals surface area contributed by atoms with Crippen molar-refractivity contribution >= 4 is 5.91 Å². The molecule has 0 bridgehead atoms. The van der Waals surface area contributed by atoms with Crippen molar-refractivity contribution in [2.24, 2.45) is 0 Å². The maximum atomic E-state index is 12.6. The second-order valence-corrected chi connectivity index (χ2v) is 7.93. The number of ether oxygens (including phenoxy) is 1. The molecule has 4 nitrogen and oxygen atoms in total. The van der Waals surface area contributed by atoms with Crippen LogP contribution in [-0.2, 0) is 22.5 Å². The van der Waals surface area contributed by atoms with Crippen LogP contribution in [0.15, 0.2) is 60.7 Å². The molecule has 0 aliphatic carbocycles. The summed E-state index contributed by atoms with van der Waals surface area (Å²) in [6.45, 7) is 4.13. The van der Waals surface area contributed by atoms with Crippen molar-refractivity contribution in [2.75, 3.05) is 26.2 Å². The van der Waals surface area contributed by atoms with Crippen LogP contribution in [0, 0.1) is 0 Å². The number of likely N-dealkylation sites (tertiary alicyclic amines) is 1. The van der Waals surface area contributed by atoms with Crippen molar-refractivity contribution < 1.29 is 9.53 Å². The molecule has 2 aromatic carbocycles. The van der Waals surface area contributed by atoms with Crippen LogP contribution in [0.2, 0.25) is 0 Å². The molecule has 2 fully saturated rings. The first kappa shape index (κ1) is 19.2. The Morgan fingerprint density at radius 2 is 1.57 bits per heavy atom. The Balaban J connectivity index is 1.33. The van der Waals surface area contributed by atoms with Crippen LogP contribution in [-0.4, -0.2) is 54.1 Å². The van der Waals surface area contributed by atoms with Crippen molar-refractivity contribution in [3.8, 4) is 0 Å². The van der Waals surface area contributed by atoms with E-state index in [1.807, 2.05) is 18.2 Å². The van der Waals surface area contributed by atoms with E-state index in [0.29, 0.717) is 6.54 Å². The van der Waals surface area contributed by atoms with Crippen LogP contribution in [0.25, 0.3) is 0 Å². The first-order chi connectivity index (χ1) is 13.8. The predicted octanol–water partition coefficient (Wildman–Crippen LogP) is 3.51. The van der Waals surface area contributed by atoms with Gasteiger partial charge in [0, 0.05) is 19.6 Å². The van der Waals surface area contributed by atoms with Gasteiger partial charge in [-0.05, 0) is 43.4 Å². The van der Waals surface area contributed by atoms with Crippen molar-refractivity contribution in [1.82, 2.24) is 9.80 Å². The average Bonchev–Trinajstić information content (AvgIpc) is 2.94. The van der Waals surface area contributed by atoms with Crippen molar-refractivity contribution in [3.05, 3.63) is 71.8 Å². The van der Waals surface area contributed by atoms with Crippen LogP contribution >= 0.6 is 0 Å². The van der Waals surface area contributed by atoms with Gasteiger partial charge in [0.05, 0.1) is 12.1 Å². The van der Waals surface area contributed by atoms with Crippen molar-refractivity contribution in [3.63, 3.8) is 0 Å². The summed E-state index contributed by atoms with van der Waals surface area (Å²) in [5.74, 6) is 0.127. The highest BCUT2D eigenvalue weighted by Gasteiger charge is 2.38. The van der Waals surface area contributed by atoms with Crippen LogP contribution in [0.5, 0.6) is 0 Å². The normalized spacial score (nSPS) is 23.3. The molecule has 2 aliphatic rings. The first-order valence-electron chi connectivity index (χ1n) is 10.5. The van der Waals surface area contributed by atoms with E-state index in [1.165, 1.54) is 17.5 Å². The largest absolute Gasteiger partial charge is 0.366 e. The zero-order valence-corrected chi connectivity index (χ0v) is 16.5. The van der Waals surface area contributed by atoms with E-state index in [0.717, 1.165) is 38.9 Å². The molecule has 2 aromatic rings. The lowest BCUT2D eigenvalue weighted by Crippen LogP contribution is -2.53. The molecule has 0 saturated carbocycles. The Morgan fingerprint density at radius 1 is 0.893 bits per heavy atom. The third-order valence-electron chi connectivity index (χ3n) is 6.02. The number of aryl methyl sites for hydroxylation is 1. The lowest BCUT2D eigenvalue weighted by molar-refractivity contribution is -0.158. The molecule has 2 aliphatic heterocycles. The number of hydrogen-bond acceptors (Lipinski definition) is 3. The molecular weight excluding hydrogens is 348 g/mol. The van der Waals surface area contributed by atoms with E-state index in [4.69, 9.17) is 4.74 Å². The monoisotopic (exact) mass is 378 g/mol. The van der Waals surface area contributed by atoms with Gasteiger partial charge in [0.2, 0.25) is 5.91 Å². The topological polar surface area (TPSA) is 32.8 Å². The number of carbonyl (C=O) groups excluding carboxylic acids is 1. The quantitative estimate of drug-likeness (QED) is 0.771. The molecule has 0 unspecified atom stereocenters. The Morgan fingerprint density at radius 3 is 2.32 bits per heavy atom. The Kier molecular flexibility index (Phi) is 6.40. The van der Waals surface area contributed by atoms with Gasteiger partial charge in [-0.3, -0.25) is 4.79 Å². The van der Waals surface area contributed by atoms with Gasteiger partial charge in [-0.2, -0.15) is 0 Å². The molecule has 0 radical (unpaired) electrons. The summed E-state index contributed by atoms with van der Waals surface area (Å²) in [6, 6.07) is 21.2.